The molecule has 0 saturated heterocycles. The standard InChI is InChI=1S/C10H9BrF3NO.ClH/c11-7-4-5(10(12,13)14)3-6-8(15)1-2-16-9(6)7;/h3-4,8H,1-2,15H2;1H/t8-;/m1./s1. The molecule has 1 aliphatic heterocycles. The van der Waals surface area contributed by atoms with E-state index in [-0.39, 0.29) is 12.4 Å². The third-order valence-electron chi connectivity index (χ3n) is 2.47. The van der Waals surface area contributed by atoms with E-state index in [2.05, 4.69) is 15.9 Å². The molecule has 1 atom stereocenters. The fraction of sp³-hybridized carbons (Fsp3) is 0.400. The number of halogens is 5. The summed E-state index contributed by atoms with van der Waals surface area (Å²) in [4.78, 5) is 0. The molecule has 1 heterocycles. The number of nitrogens with two attached hydrogens (primary N) is 1. The molecule has 7 heteroatoms. The average Bonchev–Trinajstić information content (AvgIpc) is 2.18. The molecule has 0 amide bonds. The van der Waals surface area contributed by atoms with Crippen LogP contribution in [0.5, 0.6) is 5.75 Å². The van der Waals surface area contributed by atoms with Crippen molar-refractivity contribution in [3.05, 3.63) is 27.7 Å². The van der Waals surface area contributed by atoms with Gasteiger partial charge in [0.1, 0.15) is 5.75 Å². The molecule has 0 unspecified atom stereocenters. The number of fused-ring (bicyclic) bond motifs is 1. The third kappa shape index (κ3) is 2.86. The molecule has 0 fully saturated rings. The van der Waals surface area contributed by atoms with Crippen LogP contribution in [0.1, 0.15) is 23.6 Å². The average molecular weight is 333 g/mol. The van der Waals surface area contributed by atoms with Gasteiger partial charge in [0.05, 0.1) is 16.6 Å². The summed E-state index contributed by atoms with van der Waals surface area (Å²) in [5, 5.41) is 0. The number of ether oxygens (including phenoxy) is 1. The van der Waals surface area contributed by atoms with Crippen LogP contribution >= 0.6 is 28.3 Å². The highest BCUT2D eigenvalue weighted by molar-refractivity contribution is 9.10. The highest BCUT2D eigenvalue weighted by atomic mass is 79.9. The van der Waals surface area contributed by atoms with Crippen molar-refractivity contribution >= 4 is 28.3 Å². The Hall–Kier alpha value is -0.460. The highest BCUT2D eigenvalue weighted by Gasteiger charge is 2.33. The molecule has 0 aromatic heterocycles. The first-order valence-electron chi connectivity index (χ1n) is 4.68. The maximum atomic E-state index is 12.6. The van der Waals surface area contributed by atoms with Crippen molar-refractivity contribution < 1.29 is 17.9 Å². The van der Waals surface area contributed by atoms with Crippen LogP contribution in [0.3, 0.4) is 0 Å². The zero-order valence-corrected chi connectivity index (χ0v) is 11.0. The van der Waals surface area contributed by atoms with Gasteiger partial charge in [-0.25, -0.2) is 0 Å². The number of alkyl halides is 3. The van der Waals surface area contributed by atoms with Crippen LogP contribution in [0.25, 0.3) is 0 Å². The van der Waals surface area contributed by atoms with Crippen LogP contribution in [-0.2, 0) is 6.18 Å². The summed E-state index contributed by atoms with van der Waals surface area (Å²) in [6.45, 7) is 0.429. The minimum Gasteiger partial charge on any atom is -0.492 e. The SMILES string of the molecule is Cl.N[C@@H]1CCOc2c(Br)cc(C(F)(F)F)cc21. The fourth-order valence-electron chi connectivity index (χ4n) is 1.65. The number of rotatable bonds is 0. The number of hydrogen-bond donors (Lipinski definition) is 1. The van der Waals surface area contributed by atoms with E-state index in [0.29, 0.717) is 28.8 Å². The van der Waals surface area contributed by atoms with Crippen molar-refractivity contribution in [3.63, 3.8) is 0 Å². The molecule has 0 spiro atoms. The zero-order chi connectivity index (χ0) is 11.9. The van der Waals surface area contributed by atoms with Crippen LogP contribution in [0, 0.1) is 0 Å². The van der Waals surface area contributed by atoms with Gasteiger partial charge in [0.2, 0.25) is 0 Å². The lowest BCUT2D eigenvalue weighted by atomic mass is 9.99. The van der Waals surface area contributed by atoms with E-state index in [1.165, 1.54) is 0 Å². The molecule has 2 N–H and O–H groups in total. The number of hydrogen-bond acceptors (Lipinski definition) is 2. The molecule has 1 aromatic carbocycles. The van der Waals surface area contributed by atoms with Crippen LogP contribution < -0.4 is 10.5 Å². The maximum absolute atomic E-state index is 12.6. The van der Waals surface area contributed by atoms with E-state index in [0.717, 1.165) is 12.1 Å². The molecule has 1 aromatic rings. The lowest BCUT2D eigenvalue weighted by Crippen LogP contribution is -2.22. The molecule has 0 aliphatic carbocycles. The second kappa shape index (κ2) is 5.04. The second-order valence-corrected chi connectivity index (χ2v) is 4.47. The lowest BCUT2D eigenvalue weighted by Gasteiger charge is -2.25. The Kier molecular flexibility index (Phi) is 4.33. The first kappa shape index (κ1) is 14.6. The number of benzene rings is 1. The summed E-state index contributed by atoms with van der Waals surface area (Å²) in [6, 6.07) is 1.67. The maximum Gasteiger partial charge on any atom is 0.416 e. The molecule has 96 valence electrons. The molecule has 0 saturated carbocycles. The van der Waals surface area contributed by atoms with E-state index in [9.17, 15) is 13.2 Å². The van der Waals surface area contributed by atoms with Crippen molar-refractivity contribution in [2.75, 3.05) is 6.61 Å². The Morgan fingerprint density at radius 3 is 2.59 bits per heavy atom. The van der Waals surface area contributed by atoms with Gasteiger partial charge in [-0.2, -0.15) is 13.2 Å². The van der Waals surface area contributed by atoms with Gasteiger partial charge < -0.3 is 10.5 Å². The van der Waals surface area contributed by atoms with Gasteiger partial charge in [-0.3, -0.25) is 0 Å². The summed E-state index contributed by atoms with van der Waals surface area (Å²) in [6.07, 6.45) is -3.84. The van der Waals surface area contributed by atoms with E-state index >= 15 is 0 Å². The highest BCUT2D eigenvalue weighted by Crippen LogP contribution is 2.41. The largest absolute Gasteiger partial charge is 0.492 e. The zero-order valence-electron chi connectivity index (χ0n) is 8.55. The summed E-state index contributed by atoms with van der Waals surface area (Å²) >= 11 is 3.07. The van der Waals surface area contributed by atoms with Gasteiger partial charge in [0.15, 0.2) is 0 Å². The Morgan fingerprint density at radius 2 is 2.00 bits per heavy atom. The van der Waals surface area contributed by atoms with Crippen molar-refractivity contribution in [3.8, 4) is 5.75 Å². The van der Waals surface area contributed by atoms with Crippen molar-refractivity contribution in [1.29, 1.82) is 0 Å². The molecule has 0 bridgehead atoms. The summed E-state index contributed by atoms with van der Waals surface area (Å²) in [5.41, 5.74) is 5.46. The Bertz CT molecular complexity index is 425. The molecule has 17 heavy (non-hydrogen) atoms. The predicted octanol–water partition coefficient (Wildman–Crippen LogP) is 3.67. The fourth-order valence-corrected chi connectivity index (χ4v) is 2.24. The van der Waals surface area contributed by atoms with E-state index in [4.69, 9.17) is 10.5 Å². The second-order valence-electron chi connectivity index (χ2n) is 3.62. The van der Waals surface area contributed by atoms with Gasteiger partial charge in [0.25, 0.3) is 0 Å². The quantitative estimate of drug-likeness (QED) is 0.787. The first-order valence-corrected chi connectivity index (χ1v) is 5.48. The molecule has 2 nitrogen and oxygen atoms in total. The Labute approximate surface area is 111 Å². The first-order chi connectivity index (χ1) is 7.39. The van der Waals surface area contributed by atoms with E-state index in [1.807, 2.05) is 0 Å². The van der Waals surface area contributed by atoms with Crippen LogP contribution in [-0.4, -0.2) is 6.61 Å². The predicted molar refractivity (Wildman–Crippen MR) is 63.4 cm³/mol. The smallest absolute Gasteiger partial charge is 0.416 e. The van der Waals surface area contributed by atoms with Crippen molar-refractivity contribution in [2.45, 2.75) is 18.6 Å². The molecular weight excluding hydrogens is 322 g/mol. The van der Waals surface area contributed by atoms with Crippen molar-refractivity contribution in [2.24, 2.45) is 5.73 Å². The molecule has 2 rings (SSSR count). The van der Waals surface area contributed by atoms with E-state index in [1.54, 1.807) is 0 Å². The topological polar surface area (TPSA) is 35.2 Å². The Morgan fingerprint density at radius 1 is 1.35 bits per heavy atom. The van der Waals surface area contributed by atoms with Gasteiger partial charge in [-0.1, -0.05) is 0 Å². The summed E-state index contributed by atoms with van der Waals surface area (Å²) in [7, 11) is 0. The monoisotopic (exact) mass is 331 g/mol. The lowest BCUT2D eigenvalue weighted by molar-refractivity contribution is -0.137. The van der Waals surface area contributed by atoms with Gasteiger partial charge in [-0.05, 0) is 28.1 Å². The van der Waals surface area contributed by atoms with Gasteiger partial charge in [-0.15, -0.1) is 12.4 Å². The minimum absolute atomic E-state index is 0. The van der Waals surface area contributed by atoms with Gasteiger partial charge >= 0.3 is 6.18 Å². The van der Waals surface area contributed by atoms with Gasteiger partial charge in [0, 0.05) is 18.0 Å². The van der Waals surface area contributed by atoms with E-state index < -0.39 is 17.8 Å². The molecule has 1 aliphatic rings. The molecule has 0 radical (unpaired) electrons. The van der Waals surface area contributed by atoms with Crippen molar-refractivity contribution in [1.82, 2.24) is 0 Å². The summed E-state index contributed by atoms with van der Waals surface area (Å²) < 4.78 is 43.3. The van der Waals surface area contributed by atoms with Crippen LogP contribution in [0.4, 0.5) is 13.2 Å². The van der Waals surface area contributed by atoms with Crippen LogP contribution in [0.2, 0.25) is 0 Å². The molecular formula is C10H10BrClF3NO. The Balaban J connectivity index is 0.00000144. The minimum atomic E-state index is -4.37. The normalized spacial score (nSPS) is 19.0. The van der Waals surface area contributed by atoms with Crippen LogP contribution in [0.15, 0.2) is 16.6 Å². The third-order valence-corrected chi connectivity index (χ3v) is 3.06. The summed E-state index contributed by atoms with van der Waals surface area (Å²) in [5.74, 6) is 0.423.